The molecule has 4 nitrogen and oxygen atoms in total. The van der Waals surface area contributed by atoms with Crippen LogP contribution in [0.5, 0.6) is 23.0 Å². The van der Waals surface area contributed by atoms with E-state index in [-0.39, 0.29) is 0 Å². The van der Waals surface area contributed by atoms with Gasteiger partial charge in [0.2, 0.25) is 0 Å². The van der Waals surface area contributed by atoms with Gasteiger partial charge in [0.1, 0.15) is 0 Å². The van der Waals surface area contributed by atoms with Gasteiger partial charge < -0.3 is 0 Å². The van der Waals surface area contributed by atoms with E-state index in [4.69, 9.17) is 29.3 Å². The first-order valence-electron chi connectivity index (χ1n) is 7.36. The van der Waals surface area contributed by atoms with E-state index < -0.39 is 6.86 Å². The molecule has 0 radical (unpaired) electrons. The van der Waals surface area contributed by atoms with E-state index >= 15 is 0 Å². The fraction of sp³-hybridized carbons (Fsp3) is 0. The summed E-state index contributed by atoms with van der Waals surface area (Å²) in [4.78, 5) is 0. The Morgan fingerprint density at radius 2 is 0.958 bits per heavy atom. The molecule has 0 unspecified atom stereocenters. The summed E-state index contributed by atoms with van der Waals surface area (Å²) in [5.74, 6) is 1.96. The Bertz CT molecular complexity index is 787. The number of rotatable bonds is 4. The second-order valence-electron chi connectivity index (χ2n) is 5.16. The molecule has 3 aromatic carbocycles. The van der Waals surface area contributed by atoms with Crippen molar-refractivity contribution in [2.75, 3.05) is 0 Å². The van der Waals surface area contributed by atoms with Gasteiger partial charge in [0.25, 0.3) is 0 Å². The molecule has 122 valence electrons. The van der Waals surface area contributed by atoms with Crippen LogP contribution in [-0.4, -0.2) is 0 Å². The molecule has 0 N–H and O–H groups in total. The molecule has 1 heterocycles. The van der Waals surface area contributed by atoms with Crippen molar-refractivity contribution in [1.29, 1.82) is 0 Å². The van der Waals surface area contributed by atoms with E-state index in [0.717, 1.165) is 0 Å². The molecule has 1 aliphatic heterocycles. The summed E-state index contributed by atoms with van der Waals surface area (Å²) in [6, 6.07) is 25.3. The molecule has 0 fully saturated rings. The van der Waals surface area contributed by atoms with Crippen LogP contribution < -0.4 is 18.1 Å². The van der Waals surface area contributed by atoms with E-state index in [1.807, 2.05) is 48.5 Å². The van der Waals surface area contributed by atoms with Crippen molar-refractivity contribution in [3.05, 3.63) is 84.9 Å². The summed E-state index contributed by atoms with van der Waals surface area (Å²) in [6.07, 6.45) is 0. The van der Waals surface area contributed by atoms with Crippen LogP contribution in [-0.2, 0) is 0 Å². The number of hydrogen-bond donors (Lipinski definition) is 0. The van der Waals surface area contributed by atoms with Gasteiger partial charge >= 0.3 is 144 Å². The molecule has 24 heavy (non-hydrogen) atoms. The summed E-state index contributed by atoms with van der Waals surface area (Å²) >= 11 is 6.81. The number of fused-ring (bicyclic) bond motifs is 1. The first-order chi connectivity index (χ1) is 11.6. The average molecular weight is 361 g/mol. The Morgan fingerprint density at radius 3 is 1.38 bits per heavy atom. The molecule has 0 saturated carbocycles. The van der Waals surface area contributed by atoms with Gasteiger partial charge in [-0.05, 0) is 0 Å². The van der Waals surface area contributed by atoms with Gasteiger partial charge in [-0.2, -0.15) is 0 Å². The van der Waals surface area contributed by atoms with Gasteiger partial charge in [0.05, 0.1) is 0 Å². The monoisotopic (exact) mass is 360 g/mol. The molecule has 1 aliphatic rings. The Labute approximate surface area is 144 Å². The van der Waals surface area contributed by atoms with Crippen LogP contribution in [0.1, 0.15) is 0 Å². The van der Waals surface area contributed by atoms with E-state index in [1.165, 1.54) is 0 Å². The molecular weight excluding hydrogens is 347 g/mol. The van der Waals surface area contributed by atoms with Crippen LogP contribution in [0, 0.1) is 0 Å². The molecular formula is C18H14ClO4P. The topological polar surface area (TPSA) is 36.9 Å². The molecule has 0 bridgehead atoms. The van der Waals surface area contributed by atoms with Gasteiger partial charge in [-0.15, -0.1) is 0 Å². The minimum atomic E-state index is -4.44. The average Bonchev–Trinajstić information content (AvgIpc) is 2.88. The molecule has 4 rings (SSSR count). The molecule has 0 amide bonds. The number of hydrogen-bond acceptors (Lipinski definition) is 4. The Morgan fingerprint density at radius 1 is 0.583 bits per heavy atom. The standard InChI is InChI=1S/C18H14ClO4P/c19-24(20-15-9-3-1-4-10-15,21-16-11-5-2-6-12-16)22-17-13-7-8-14-18(17)23-24/h1-14H. The van der Waals surface area contributed by atoms with Crippen molar-refractivity contribution in [2.45, 2.75) is 0 Å². The van der Waals surface area contributed by atoms with Gasteiger partial charge in [-0.3, -0.25) is 0 Å². The van der Waals surface area contributed by atoms with E-state index in [1.54, 1.807) is 36.4 Å². The third-order valence-electron chi connectivity index (χ3n) is 3.33. The number of halogens is 1. The van der Waals surface area contributed by atoms with E-state index in [9.17, 15) is 0 Å². The maximum atomic E-state index is 6.81. The van der Waals surface area contributed by atoms with Crippen LogP contribution in [0.15, 0.2) is 84.9 Å². The third-order valence-corrected chi connectivity index (χ3v) is 6.14. The summed E-state index contributed by atoms with van der Waals surface area (Å²) in [6.45, 7) is -4.44. The first-order valence-corrected chi connectivity index (χ1v) is 10.2. The molecule has 3 aromatic rings. The van der Waals surface area contributed by atoms with Crippen LogP contribution in [0.25, 0.3) is 0 Å². The van der Waals surface area contributed by atoms with Crippen molar-refractivity contribution in [2.24, 2.45) is 0 Å². The second-order valence-corrected chi connectivity index (χ2v) is 8.99. The van der Waals surface area contributed by atoms with Crippen LogP contribution in [0.4, 0.5) is 0 Å². The quantitative estimate of drug-likeness (QED) is 0.536. The summed E-state index contributed by atoms with van der Waals surface area (Å²) in [7, 11) is 0. The van der Waals surface area contributed by atoms with Crippen molar-refractivity contribution < 1.29 is 18.1 Å². The van der Waals surface area contributed by atoms with Crippen molar-refractivity contribution in [3.8, 4) is 23.0 Å². The van der Waals surface area contributed by atoms with E-state index in [0.29, 0.717) is 23.0 Å². The number of para-hydroxylation sites is 4. The van der Waals surface area contributed by atoms with Crippen LogP contribution in [0.2, 0.25) is 0 Å². The minimum absolute atomic E-state index is 0.483. The van der Waals surface area contributed by atoms with E-state index in [2.05, 4.69) is 0 Å². The molecule has 6 heteroatoms. The van der Waals surface area contributed by atoms with Crippen molar-refractivity contribution in [3.63, 3.8) is 0 Å². The second kappa shape index (κ2) is 5.59. The predicted octanol–water partition coefficient (Wildman–Crippen LogP) is 5.98. The van der Waals surface area contributed by atoms with Gasteiger partial charge in [-0.1, -0.05) is 0 Å². The zero-order chi connectivity index (χ0) is 16.5. The Kier molecular flexibility index (Phi) is 3.52. The maximum absolute atomic E-state index is 6.81. The van der Waals surface area contributed by atoms with Crippen molar-refractivity contribution >= 4 is 18.1 Å². The summed E-state index contributed by atoms with van der Waals surface area (Å²) in [5, 5.41) is 0. The molecule has 0 saturated heterocycles. The number of benzene rings is 3. The predicted molar refractivity (Wildman–Crippen MR) is 94.6 cm³/mol. The van der Waals surface area contributed by atoms with Gasteiger partial charge in [-0.25, -0.2) is 0 Å². The first kappa shape index (κ1) is 15.1. The molecule has 0 aromatic heterocycles. The summed E-state index contributed by atoms with van der Waals surface area (Å²) in [5.41, 5.74) is 0. The molecule has 0 spiro atoms. The SMILES string of the molecule is ClP1(Oc2ccccc2)(Oc2ccccc2)Oc2ccccc2O1. The fourth-order valence-corrected chi connectivity index (χ4v) is 5.33. The van der Waals surface area contributed by atoms with Gasteiger partial charge in [0, 0.05) is 0 Å². The van der Waals surface area contributed by atoms with Crippen molar-refractivity contribution in [1.82, 2.24) is 0 Å². The van der Waals surface area contributed by atoms with Crippen LogP contribution >= 0.6 is 18.1 Å². The molecule has 0 atom stereocenters. The van der Waals surface area contributed by atoms with Crippen LogP contribution in [0.3, 0.4) is 0 Å². The Balaban J connectivity index is 1.75. The fourth-order valence-electron chi connectivity index (χ4n) is 2.33. The van der Waals surface area contributed by atoms with Gasteiger partial charge in [0.15, 0.2) is 0 Å². The Hall–Kier alpha value is -2.42. The third kappa shape index (κ3) is 2.86. The normalized spacial score (nSPS) is 18.1. The zero-order valence-corrected chi connectivity index (χ0v) is 14.2. The molecule has 0 aliphatic carbocycles. The zero-order valence-electron chi connectivity index (χ0n) is 12.5. The summed E-state index contributed by atoms with van der Waals surface area (Å²) < 4.78 is 23.8.